The molecule has 0 saturated heterocycles. The monoisotopic (exact) mass is 349 g/mol. The Morgan fingerprint density at radius 2 is 1.77 bits per heavy atom. The number of aromatic nitrogens is 3. The second kappa shape index (κ2) is 8.57. The predicted octanol–water partition coefficient (Wildman–Crippen LogP) is 2.94. The van der Waals surface area contributed by atoms with Gasteiger partial charge < -0.3 is 15.4 Å². The summed E-state index contributed by atoms with van der Waals surface area (Å²) in [6.07, 6.45) is 3.37. The molecule has 0 saturated carbocycles. The van der Waals surface area contributed by atoms with Crippen LogP contribution in [0.15, 0.2) is 60.9 Å². The fourth-order valence-electron chi connectivity index (χ4n) is 2.24. The standard InChI is InChI=1S/C19H19N5O2/c1-2-26-16-5-3-15(4-6-16)22-18-8-7-17(23-24-18)19(25)21-13-14-9-11-20-12-10-14/h3-12H,2,13H2,1H3,(H,21,25)(H,22,24). The molecule has 3 aromatic rings. The van der Waals surface area contributed by atoms with Crippen molar-refractivity contribution in [3.05, 3.63) is 72.2 Å². The lowest BCUT2D eigenvalue weighted by molar-refractivity contribution is 0.0945. The smallest absolute Gasteiger partial charge is 0.272 e. The minimum absolute atomic E-state index is 0.260. The second-order valence-electron chi connectivity index (χ2n) is 5.42. The molecule has 0 atom stereocenters. The normalized spacial score (nSPS) is 10.2. The Kier molecular flexibility index (Phi) is 5.72. The summed E-state index contributed by atoms with van der Waals surface area (Å²) in [5.41, 5.74) is 2.09. The molecule has 2 N–H and O–H groups in total. The van der Waals surface area contributed by atoms with E-state index in [9.17, 15) is 4.79 Å². The molecule has 0 aliphatic carbocycles. The number of hydrogen-bond acceptors (Lipinski definition) is 6. The highest BCUT2D eigenvalue weighted by molar-refractivity contribution is 5.92. The maximum absolute atomic E-state index is 12.1. The van der Waals surface area contributed by atoms with E-state index in [0.29, 0.717) is 19.0 Å². The molecular formula is C19H19N5O2. The number of carbonyl (C=O) groups excluding carboxylic acids is 1. The molecule has 26 heavy (non-hydrogen) atoms. The summed E-state index contributed by atoms with van der Waals surface area (Å²) in [4.78, 5) is 16.1. The summed E-state index contributed by atoms with van der Waals surface area (Å²) in [5, 5.41) is 13.9. The molecule has 7 heteroatoms. The first-order valence-corrected chi connectivity index (χ1v) is 8.25. The summed E-state index contributed by atoms with van der Waals surface area (Å²) < 4.78 is 5.40. The minimum atomic E-state index is -0.276. The van der Waals surface area contributed by atoms with Crippen LogP contribution in [0.5, 0.6) is 5.75 Å². The summed E-state index contributed by atoms with van der Waals surface area (Å²) in [7, 11) is 0. The predicted molar refractivity (Wildman–Crippen MR) is 98.3 cm³/mol. The topological polar surface area (TPSA) is 89.0 Å². The van der Waals surface area contributed by atoms with Crippen molar-refractivity contribution in [3.63, 3.8) is 0 Å². The van der Waals surface area contributed by atoms with Gasteiger partial charge in [0.15, 0.2) is 11.5 Å². The zero-order valence-electron chi connectivity index (χ0n) is 14.3. The van der Waals surface area contributed by atoms with Crippen LogP contribution in [0.3, 0.4) is 0 Å². The van der Waals surface area contributed by atoms with Gasteiger partial charge in [-0.15, -0.1) is 10.2 Å². The molecule has 0 aliphatic heterocycles. The summed E-state index contributed by atoms with van der Waals surface area (Å²) in [6, 6.07) is 14.6. The number of anilines is 2. The molecule has 0 unspecified atom stereocenters. The zero-order valence-corrected chi connectivity index (χ0v) is 14.3. The van der Waals surface area contributed by atoms with Gasteiger partial charge in [-0.3, -0.25) is 9.78 Å². The molecule has 7 nitrogen and oxygen atoms in total. The quantitative estimate of drug-likeness (QED) is 0.682. The largest absolute Gasteiger partial charge is 0.494 e. The second-order valence-corrected chi connectivity index (χ2v) is 5.42. The number of pyridine rings is 1. The van der Waals surface area contributed by atoms with E-state index in [1.807, 2.05) is 43.3 Å². The summed E-state index contributed by atoms with van der Waals surface area (Å²) >= 11 is 0. The van der Waals surface area contributed by atoms with Crippen LogP contribution in [-0.2, 0) is 6.54 Å². The van der Waals surface area contributed by atoms with Crippen LogP contribution in [0.1, 0.15) is 23.0 Å². The van der Waals surface area contributed by atoms with Crippen LogP contribution in [0, 0.1) is 0 Å². The number of benzene rings is 1. The fourth-order valence-corrected chi connectivity index (χ4v) is 2.24. The van der Waals surface area contributed by atoms with Crippen molar-refractivity contribution in [2.24, 2.45) is 0 Å². The third kappa shape index (κ3) is 4.76. The Balaban J connectivity index is 1.56. The van der Waals surface area contributed by atoms with Crippen molar-refractivity contribution in [2.75, 3.05) is 11.9 Å². The number of nitrogens with zero attached hydrogens (tertiary/aromatic N) is 3. The average molecular weight is 349 g/mol. The highest BCUT2D eigenvalue weighted by Gasteiger charge is 2.08. The average Bonchev–Trinajstić information content (AvgIpc) is 2.69. The van der Waals surface area contributed by atoms with Crippen molar-refractivity contribution in [1.82, 2.24) is 20.5 Å². The molecule has 0 radical (unpaired) electrons. The molecule has 2 heterocycles. The van der Waals surface area contributed by atoms with Crippen LogP contribution < -0.4 is 15.4 Å². The highest BCUT2D eigenvalue weighted by atomic mass is 16.5. The summed E-state index contributed by atoms with van der Waals surface area (Å²) in [5.74, 6) is 1.09. The number of amides is 1. The Morgan fingerprint density at radius 3 is 2.42 bits per heavy atom. The molecule has 1 aromatic carbocycles. The number of rotatable bonds is 7. The van der Waals surface area contributed by atoms with E-state index in [0.717, 1.165) is 17.0 Å². The highest BCUT2D eigenvalue weighted by Crippen LogP contribution is 2.18. The first-order valence-electron chi connectivity index (χ1n) is 8.25. The van der Waals surface area contributed by atoms with Gasteiger partial charge in [0.2, 0.25) is 0 Å². The Morgan fingerprint density at radius 1 is 1.00 bits per heavy atom. The van der Waals surface area contributed by atoms with Crippen LogP contribution in [-0.4, -0.2) is 27.7 Å². The van der Waals surface area contributed by atoms with Crippen molar-refractivity contribution in [1.29, 1.82) is 0 Å². The Hall–Kier alpha value is -3.48. The van der Waals surface area contributed by atoms with Gasteiger partial charge in [-0.2, -0.15) is 0 Å². The van der Waals surface area contributed by atoms with Crippen molar-refractivity contribution >= 4 is 17.4 Å². The third-order valence-corrected chi connectivity index (χ3v) is 3.54. The van der Waals surface area contributed by atoms with Gasteiger partial charge in [0.1, 0.15) is 5.75 Å². The fraction of sp³-hybridized carbons (Fsp3) is 0.158. The van der Waals surface area contributed by atoms with E-state index in [4.69, 9.17) is 4.74 Å². The molecule has 0 fully saturated rings. The number of carbonyl (C=O) groups is 1. The molecular weight excluding hydrogens is 330 g/mol. The molecule has 1 amide bonds. The molecule has 0 bridgehead atoms. The van der Waals surface area contributed by atoms with E-state index in [1.54, 1.807) is 24.5 Å². The molecule has 0 spiro atoms. The molecule has 2 aromatic heterocycles. The molecule has 3 rings (SSSR count). The van der Waals surface area contributed by atoms with Crippen LogP contribution in [0.4, 0.5) is 11.5 Å². The van der Waals surface area contributed by atoms with E-state index in [1.165, 1.54) is 0 Å². The maximum Gasteiger partial charge on any atom is 0.272 e. The SMILES string of the molecule is CCOc1ccc(Nc2ccc(C(=O)NCc3ccncc3)nn2)cc1. The third-order valence-electron chi connectivity index (χ3n) is 3.54. The van der Waals surface area contributed by atoms with E-state index < -0.39 is 0 Å². The number of hydrogen-bond donors (Lipinski definition) is 2. The zero-order chi connectivity index (χ0) is 18.2. The van der Waals surface area contributed by atoms with E-state index in [2.05, 4.69) is 25.8 Å². The van der Waals surface area contributed by atoms with Gasteiger partial charge in [-0.05, 0) is 61.0 Å². The van der Waals surface area contributed by atoms with Crippen molar-refractivity contribution < 1.29 is 9.53 Å². The van der Waals surface area contributed by atoms with Crippen molar-refractivity contribution in [3.8, 4) is 5.75 Å². The van der Waals surface area contributed by atoms with Crippen molar-refractivity contribution in [2.45, 2.75) is 13.5 Å². The lowest BCUT2D eigenvalue weighted by Crippen LogP contribution is -2.24. The molecule has 0 aliphatic rings. The van der Waals surface area contributed by atoms with Crippen LogP contribution in [0.25, 0.3) is 0 Å². The van der Waals surface area contributed by atoms with Gasteiger partial charge in [-0.25, -0.2) is 0 Å². The van der Waals surface area contributed by atoms with E-state index in [-0.39, 0.29) is 11.6 Å². The minimum Gasteiger partial charge on any atom is -0.494 e. The van der Waals surface area contributed by atoms with Crippen LogP contribution in [0.2, 0.25) is 0 Å². The Labute approximate surface area is 151 Å². The van der Waals surface area contributed by atoms with Gasteiger partial charge in [0.05, 0.1) is 6.61 Å². The van der Waals surface area contributed by atoms with Gasteiger partial charge in [0.25, 0.3) is 5.91 Å². The first-order chi connectivity index (χ1) is 12.7. The van der Waals surface area contributed by atoms with Crippen LogP contribution >= 0.6 is 0 Å². The first kappa shape index (κ1) is 17.3. The number of nitrogens with one attached hydrogen (secondary N) is 2. The number of ether oxygens (including phenoxy) is 1. The lowest BCUT2D eigenvalue weighted by atomic mass is 10.2. The maximum atomic E-state index is 12.1. The van der Waals surface area contributed by atoms with E-state index >= 15 is 0 Å². The summed E-state index contributed by atoms with van der Waals surface area (Å²) in [6.45, 7) is 2.98. The lowest BCUT2D eigenvalue weighted by Gasteiger charge is -2.08. The Bertz CT molecular complexity index is 836. The molecule has 132 valence electrons. The van der Waals surface area contributed by atoms with Gasteiger partial charge in [-0.1, -0.05) is 0 Å². The van der Waals surface area contributed by atoms with Gasteiger partial charge in [0, 0.05) is 24.6 Å². The van der Waals surface area contributed by atoms with Gasteiger partial charge >= 0.3 is 0 Å².